The molecule has 82 valence electrons. The number of rotatable bonds is 3. The van der Waals surface area contributed by atoms with Crippen molar-refractivity contribution in [2.24, 2.45) is 0 Å². The van der Waals surface area contributed by atoms with Crippen LogP contribution in [0.4, 0.5) is 4.79 Å². The first kappa shape index (κ1) is 11.0. The number of carbonyl (C=O) groups is 4. The van der Waals surface area contributed by atoms with Crippen LogP contribution in [0.2, 0.25) is 0 Å². The van der Waals surface area contributed by atoms with Crippen molar-refractivity contribution >= 4 is 23.9 Å². The van der Waals surface area contributed by atoms with Crippen LogP contribution in [0.3, 0.4) is 0 Å². The fraction of sp³-hybridized carbons (Fsp3) is 0.429. The molecule has 0 aliphatic carbocycles. The standard InChI is InChI=1S/C7H7NO7/c9-4-1-2-5(10)8(4)15-7(13)14-3-6(11)12/h1-3H2,(H,11,12). The Morgan fingerprint density at radius 1 is 1.27 bits per heavy atom. The van der Waals surface area contributed by atoms with Gasteiger partial charge in [-0.2, -0.15) is 0 Å². The van der Waals surface area contributed by atoms with E-state index in [4.69, 9.17) is 5.11 Å². The highest BCUT2D eigenvalue weighted by Crippen LogP contribution is 2.12. The first-order chi connectivity index (χ1) is 7.00. The zero-order valence-corrected chi connectivity index (χ0v) is 7.47. The minimum absolute atomic E-state index is 0.0367. The predicted octanol–water partition coefficient (Wildman–Crippen LogP) is -0.712. The van der Waals surface area contributed by atoms with Crippen LogP contribution < -0.4 is 0 Å². The van der Waals surface area contributed by atoms with Gasteiger partial charge in [-0.05, 0) is 0 Å². The molecule has 1 N–H and O–H groups in total. The van der Waals surface area contributed by atoms with Crippen LogP contribution in [0, 0.1) is 0 Å². The number of hydrogen-bond donors (Lipinski definition) is 1. The largest absolute Gasteiger partial charge is 0.534 e. The highest BCUT2D eigenvalue weighted by molar-refractivity contribution is 6.01. The third-order valence-electron chi connectivity index (χ3n) is 1.49. The zero-order chi connectivity index (χ0) is 11.4. The van der Waals surface area contributed by atoms with E-state index < -0.39 is 30.5 Å². The molecule has 0 unspecified atom stereocenters. The Labute approximate surface area is 83.3 Å². The summed E-state index contributed by atoms with van der Waals surface area (Å²) in [4.78, 5) is 46.8. The van der Waals surface area contributed by atoms with E-state index in [0.29, 0.717) is 0 Å². The molecule has 0 aromatic carbocycles. The molecular weight excluding hydrogens is 210 g/mol. The van der Waals surface area contributed by atoms with Crippen LogP contribution in [0.5, 0.6) is 0 Å². The summed E-state index contributed by atoms with van der Waals surface area (Å²) in [5.74, 6) is -2.69. The molecule has 1 rings (SSSR count). The van der Waals surface area contributed by atoms with E-state index in [1.807, 2.05) is 0 Å². The zero-order valence-electron chi connectivity index (χ0n) is 7.47. The number of carboxylic acids is 1. The Hall–Kier alpha value is -2.12. The molecule has 2 amide bonds. The number of carbonyl (C=O) groups excluding carboxylic acids is 3. The first-order valence-corrected chi connectivity index (χ1v) is 3.93. The third kappa shape index (κ3) is 2.93. The van der Waals surface area contributed by atoms with Crippen LogP contribution in [0.1, 0.15) is 12.8 Å². The predicted molar refractivity (Wildman–Crippen MR) is 41.2 cm³/mol. The van der Waals surface area contributed by atoms with Gasteiger partial charge in [-0.3, -0.25) is 14.4 Å². The summed E-state index contributed by atoms with van der Waals surface area (Å²) in [6.07, 6.45) is -1.48. The number of imide groups is 1. The molecule has 0 saturated carbocycles. The molecule has 15 heavy (non-hydrogen) atoms. The van der Waals surface area contributed by atoms with E-state index >= 15 is 0 Å². The number of aliphatic carboxylic acids is 1. The number of ether oxygens (including phenoxy) is 1. The molecular formula is C7H7NO7. The Morgan fingerprint density at radius 2 is 1.80 bits per heavy atom. The van der Waals surface area contributed by atoms with Crippen molar-refractivity contribution in [1.29, 1.82) is 0 Å². The van der Waals surface area contributed by atoms with Crippen molar-refractivity contribution in [3.05, 3.63) is 0 Å². The summed E-state index contributed by atoms with van der Waals surface area (Å²) in [6, 6.07) is 0. The van der Waals surface area contributed by atoms with Gasteiger partial charge < -0.3 is 9.84 Å². The third-order valence-corrected chi connectivity index (χ3v) is 1.49. The SMILES string of the molecule is O=C(O)COC(=O)ON1C(=O)CCC1=O. The average Bonchev–Trinajstić information content (AvgIpc) is 2.46. The van der Waals surface area contributed by atoms with Gasteiger partial charge in [0.1, 0.15) is 0 Å². The lowest BCUT2D eigenvalue weighted by atomic mass is 10.4. The monoisotopic (exact) mass is 217 g/mol. The lowest BCUT2D eigenvalue weighted by Crippen LogP contribution is -2.32. The van der Waals surface area contributed by atoms with Gasteiger partial charge in [0.2, 0.25) is 0 Å². The highest BCUT2D eigenvalue weighted by Gasteiger charge is 2.33. The van der Waals surface area contributed by atoms with Crippen LogP contribution in [-0.4, -0.2) is 40.7 Å². The number of hydrogen-bond acceptors (Lipinski definition) is 6. The molecule has 8 nitrogen and oxygen atoms in total. The summed E-state index contributed by atoms with van der Waals surface area (Å²) in [7, 11) is 0. The van der Waals surface area contributed by atoms with E-state index in [1.165, 1.54) is 0 Å². The van der Waals surface area contributed by atoms with E-state index in [9.17, 15) is 19.2 Å². The van der Waals surface area contributed by atoms with Crippen molar-refractivity contribution in [3.63, 3.8) is 0 Å². The molecule has 1 fully saturated rings. The topological polar surface area (TPSA) is 110 Å². The summed E-state index contributed by atoms with van der Waals surface area (Å²) in [5, 5.41) is 8.41. The van der Waals surface area contributed by atoms with Gasteiger partial charge in [0, 0.05) is 12.8 Å². The number of amides is 2. The van der Waals surface area contributed by atoms with Crippen molar-refractivity contribution in [3.8, 4) is 0 Å². The molecule has 0 aromatic heterocycles. The summed E-state index contributed by atoms with van der Waals surface area (Å²) < 4.78 is 4.06. The van der Waals surface area contributed by atoms with Crippen LogP contribution >= 0.6 is 0 Å². The minimum Gasteiger partial charge on any atom is -0.479 e. The smallest absolute Gasteiger partial charge is 0.479 e. The lowest BCUT2D eigenvalue weighted by molar-refractivity contribution is -0.177. The lowest BCUT2D eigenvalue weighted by Gasteiger charge is -2.11. The second-order valence-electron chi connectivity index (χ2n) is 2.61. The van der Waals surface area contributed by atoms with E-state index in [-0.39, 0.29) is 17.9 Å². The molecule has 1 aliphatic heterocycles. The molecule has 8 heteroatoms. The van der Waals surface area contributed by atoms with Crippen LogP contribution in [0.15, 0.2) is 0 Å². The van der Waals surface area contributed by atoms with Gasteiger partial charge >= 0.3 is 12.1 Å². The molecule has 0 spiro atoms. The minimum atomic E-state index is -1.40. The maximum absolute atomic E-state index is 10.9. The number of nitrogens with zero attached hydrogens (tertiary/aromatic N) is 1. The van der Waals surface area contributed by atoms with Gasteiger partial charge in [-0.1, -0.05) is 5.06 Å². The van der Waals surface area contributed by atoms with Gasteiger partial charge in [0.05, 0.1) is 0 Å². The Balaban J connectivity index is 2.40. The van der Waals surface area contributed by atoms with Crippen LogP contribution in [-0.2, 0) is 24.0 Å². The van der Waals surface area contributed by atoms with Crippen LogP contribution in [0.25, 0.3) is 0 Å². The first-order valence-electron chi connectivity index (χ1n) is 3.93. The molecule has 0 bridgehead atoms. The summed E-state index contributed by atoms with van der Waals surface area (Å²) in [5.41, 5.74) is 0. The second-order valence-corrected chi connectivity index (χ2v) is 2.61. The second kappa shape index (κ2) is 4.40. The molecule has 0 radical (unpaired) electrons. The van der Waals surface area contributed by atoms with Gasteiger partial charge in [0.15, 0.2) is 6.61 Å². The highest BCUT2D eigenvalue weighted by atomic mass is 16.8. The summed E-state index contributed by atoms with van der Waals surface area (Å²) in [6.45, 7) is -0.894. The molecule has 0 aromatic rings. The van der Waals surface area contributed by atoms with Gasteiger partial charge in [0.25, 0.3) is 11.8 Å². The normalized spacial score (nSPS) is 15.3. The number of carboxylic acid groups (broad SMARTS) is 1. The Kier molecular flexibility index (Phi) is 3.21. The average molecular weight is 217 g/mol. The molecule has 1 aliphatic rings. The maximum Gasteiger partial charge on any atom is 0.534 e. The fourth-order valence-electron chi connectivity index (χ4n) is 0.879. The Morgan fingerprint density at radius 3 is 2.27 bits per heavy atom. The van der Waals surface area contributed by atoms with E-state index in [1.54, 1.807) is 0 Å². The quantitative estimate of drug-likeness (QED) is 0.490. The molecule has 1 heterocycles. The molecule has 0 atom stereocenters. The van der Waals surface area contributed by atoms with Crippen molar-refractivity contribution in [1.82, 2.24) is 5.06 Å². The number of hydroxylamine groups is 2. The molecule has 1 saturated heterocycles. The van der Waals surface area contributed by atoms with Crippen molar-refractivity contribution < 1.29 is 33.9 Å². The fourth-order valence-corrected chi connectivity index (χ4v) is 0.879. The maximum atomic E-state index is 10.9. The van der Waals surface area contributed by atoms with E-state index in [2.05, 4.69) is 9.57 Å². The van der Waals surface area contributed by atoms with Crippen molar-refractivity contribution in [2.45, 2.75) is 12.8 Å². The van der Waals surface area contributed by atoms with Gasteiger partial charge in [-0.15, -0.1) is 0 Å². The van der Waals surface area contributed by atoms with E-state index in [0.717, 1.165) is 0 Å². The van der Waals surface area contributed by atoms with Crippen molar-refractivity contribution in [2.75, 3.05) is 6.61 Å². The van der Waals surface area contributed by atoms with Gasteiger partial charge in [-0.25, -0.2) is 9.59 Å². The summed E-state index contributed by atoms with van der Waals surface area (Å²) >= 11 is 0. The Bertz CT molecular complexity index is 307.